The van der Waals surface area contributed by atoms with Crippen molar-refractivity contribution >= 4 is 34.6 Å². The first-order valence-corrected chi connectivity index (χ1v) is 10.1. The van der Waals surface area contributed by atoms with Crippen LogP contribution < -0.4 is 10.7 Å². The number of para-hydroxylation sites is 1. The number of thiophene rings is 1. The van der Waals surface area contributed by atoms with Gasteiger partial charge in [-0.1, -0.05) is 30.3 Å². The molecule has 2 aromatic heterocycles. The predicted molar refractivity (Wildman–Crippen MR) is 118 cm³/mol. The number of carbonyl (C=O) groups is 2. The van der Waals surface area contributed by atoms with Gasteiger partial charge in [0.25, 0.3) is 11.8 Å². The molecular formula is C21H17N7O2S. The van der Waals surface area contributed by atoms with E-state index >= 15 is 0 Å². The Morgan fingerprint density at radius 2 is 1.81 bits per heavy atom. The molecule has 2 heterocycles. The fourth-order valence-corrected chi connectivity index (χ4v) is 3.40. The van der Waals surface area contributed by atoms with E-state index in [1.165, 1.54) is 17.7 Å². The number of tetrazole rings is 1. The molecule has 0 fully saturated rings. The Labute approximate surface area is 181 Å². The number of hydrogen-bond acceptors (Lipinski definition) is 7. The van der Waals surface area contributed by atoms with Crippen LogP contribution >= 0.6 is 11.3 Å². The van der Waals surface area contributed by atoms with E-state index in [-0.39, 0.29) is 5.91 Å². The molecule has 4 rings (SSSR count). The summed E-state index contributed by atoms with van der Waals surface area (Å²) in [6.07, 6.45) is 1.50. The quantitative estimate of drug-likeness (QED) is 0.360. The van der Waals surface area contributed by atoms with Crippen LogP contribution in [-0.4, -0.2) is 37.7 Å². The van der Waals surface area contributed by atoms with Crippen LogP contribution in [0.5, 0.6) is 0 Å². The predicted octanol–water partition coefficient (Wildman–Crippen LogP) is 3.13. The van der Waals surface area contributed by atoms with Gasteiger partial charge in [0, 0.05) is 0 Å². The fraction of sp³-hybridized carbons (Fsp3) is 0.0476. The minimum atomic E-state index is -0.424. The molecule has 2 aromatic carbocycles. The highest BCUT2D eigenvalue weighted by Crippen LogP contribution is 2.18. The largest absolute Gasteiger partial charge is 0.321 e. The summed E-state index contributed by atoms with van der Waals surface area (Å²) in [6, 6.07) is 17.7. The number of carbonyl (C=O) groups excluding carboxylic acids is 2. The zero-order valence-corrected chi connectivity index (χ0v) is 17.2. The van der Waals surface area contributed by atoms with Crippen LogP contribution in [0.15, 0.2) is 77.5 Å². The number of hydrogen-bond donors (Lipinski definition) is 2. The maximum Gasteiger partial charge on any atom is 0.273 e. The number of aromatic nitrogens is 4. The average molecular weight is 431 g/mol. The van der Waals surface area contributed by atoms with Crippen LogP contribution in [0.1, 0.15) is 32.5 Å². The van der Waals surface area contributed by atoms with Crippen molar-refractivity contribution in [2.45, 2.75) is 6.92 Å². The molecule has 0 aliphatic carbocycles. The molecule has 31 heavy (non-hydrogen) atoms. The third-order valence-electron chi connectivity index (χ3n) is 4.39. The van der Waals surface area contributed by atoms with Crippen LogP contribution in [0, 0.1) is 0 Å². The monoisotopic (exact) mass is 431 g/mol. The van der Waals surface area contributed by atoms with Crippen molar-refractivity contribution < 1.29 is 9.59 Å². The van der Waals surface area contributed by atoms with Gasteiger partial charge in [0.1, 0.15) is 6.33 Å². The highest BCUT2D eigenvalue weighted by Gasteiger charge is 2.14. The summed E-state index contributed by atoms with van der Waals surface area (Å²) in [6.45, 7) is 1.79. The molecule has 4 aromatic rings. The van der Waals surface area contributed by atoms with Crippen molar-refractivity contribution in [1.82, 2.24) is 25.6 Å². The number of benzene rings is 2. The lowest BCUT2D eigenvalue weighted by atomic mass is 10.1. The number of nitrogens with one attached hydrogen (secondary N) is 2. The molecule has 9 nitrogen and oxygen atoms in total. The van der Waals surface area contributed by atoms with Crippen LogP contribution in [0.25, 0.3) is 5.69 Å². The van der Waals surface area contributed by atoms with Gasteiger partial charge in [-0.15, -0.1) is 16.4 Å². The van der Waals surface area contributed by atoms with Gasteiger partial charge < -0.3 is 5.32 Å². The van der Waals surface area contributed by atoms with Gasteiger partial charge in [-0.3, -0.25) is 9.59 Å². The number of anilines is 1. The van der Waals surface area contributed by atoms with Crippen molar-refractivity contribution in [1.29, 1.82) is 0 Å². The molecule has 0 saturated heterocycles. The van der Waals surface area contributed by atoms with Crippen molar-refractivity contribution in [3.05, 3.63) is 88.4 Å². The Morgan fingerprint density at radius 1 is 1.00 bits per heavy atom. The number of amides is 2. The van der Waals surface area contributed by atoms with E-state index in [4.69, 9.17) is 0 Å². The SMILES string of the molecule is C/C(=N\NC(=O)c1ccccc1NC(=O)c1cccs1)c1ccc(-n2cnnn2)cc1. The van der Waals surface area contributed by atoms with E-state index < -0.39 is 5.91 Å². The lowest BCUT2D eigenvalue weighted by Crippen LogP contribution is -2.22. The summed E-state index contributed by atoms with van der Waals surface area (Å²) in [4.78, 5) is 25.6. The summed E-state index contributed by atoms with van der Waals surface area (Å²) in [5.41, 5.74) is 5.54. The average Bonchev–Trinajstić information content (AvgIpc) is 3.52. The van der Waals surface area contributed by atoms with Gasteiger partial charge in [0.05, 0.1) is 27.5 Å². The lowest BCUT2D eigenvalue weighted by molar-refractivity contribution is 0.0955. The van der Waals surface area contributed by atoms with E-state index in [0.717, 1.165) is 11.3 Å². The summed E-state index contributed by atoms with van der Waals surface area (Å²) in [5.74, 6) is -0.690. The van der Waals surface area contributed by atoms with Gasteiger partial charge in [-0.25, -0.2) is 10.1 Å². The third-order valence-corrected chi connectivity index (χ3v) is 5.26. The maximum atomic E-state index is 12.7. The molecule has 0 spiro atoms. The van der Waals surface area contributed by atoms with E-state index in [0.29, 0.717) is 21.8 Å². The normalized spacial score (nSPS) is 11.2. The summed E-state index contributed by atoms with van der Waals surface area (Å²) in [7, 11) is 0. The van der Waals surface area contributed by atoms with Crippen LogP contribution in [0.3, 0.4) is 0 Å². The highest BCUT2D eigenvalue weighted by molar-refractivity contribution is 7.12. The molecule has 2 amide bonds. The molecule has 0 aliphatic heterocycles. The Kier molecular flexibility index (Phi) is 5.90. The molecule has 10 heteroatoms. The van der Waals surface area contributed by atoms with Gasteiger partial charge in [0.2, 0.25) is 0 Å². The first-order valence-electron chi connectivity index (χ1n) is 9.24. The van der Waals surface area contributed by atoms with Crippen LogP contribution in [0.4, 0.5) is 5.69 Å². The van der Waals surface area contributed by atoms with Crippen molar-refractivity contribution in [2.24, 2.45) is 5.10 Å². The fourth-order valence-electron chi connectivity index (χ4n) is 2.78. The first kappa shape index (κ1) is 20.1. The number of hydrazone groups is 1. The minimum Gasteiger partial charge on any atom is -0.321 e. The second-order valence-corrected chi connectivity index (χ2v) is 7.36. The first-order chi connectivity index (χ1) is 15.1. The van der Waals surface area contributed by atoms with Crippen molar-refractivity contribution in [3.63, 3.8) is 0 Å². The van der Waals surface area contributed by atoms with Crippen molar-refractivity contribution in [2.75, 3.05) is 5.32 Å². The van der Waals surface area contributed by atoms with E-state index in [9.17, 15) is 9.59 Å². The molecule has 0 atom stereocenters. The summed E-state index contributed by atoms with van der Waals surface area (Å²) >= 11 is 1.33. The van der Waals surface area contributed by atoms with E-state index in [1.54, 1.807) is 48.0 Å². The van der Waals surface area contributed by atoms with E-state index in [2.05, 4.69) is 31.4 Å². The summed E-state index contributed by atoms with van der Waals surface area (Å²) in [5, 5.41) is 19.8. The molecule has 154 valence electrons. The van der Waals surface area contributed by atoms with Gasteiger partial charge in [-0.2, -0.15) is 5.10 Å². The van der Waals surface area contributed by atoms with Crippen LogP contribution in [-0.2, 0) is 0 Å². The molecule has 0 saturated carbocycles. The number of nitrogens with zero attached hydrogens (tertiary/aromatic N) is 5. The maximum absolute atomic E-state index is 12.7. The highest BCUT2D eigenvalue weighted by atomic mass is 32.1. The second kappa shape index (κ2) is 9.09. The zero-order valence-electron chi connectivity index (χ0n) is 16.4. The van der Waals surface area contributed by atoms with E-state index in [1.807, 2.05) is 29.6 Å². The molecule has 0 aliphatic rings. The number of rotatable bonds is 6. The Morgan fingerprint density at radius 3 is 2.52 bits per heavy atom. The van der Waals surface area contributed by atoms with Gasteiger partial charge >= 0.3 is 0 Å². The Hall–Kier alpha value is -4.18. The molecule has 0 radical (unpaired) electrons. The standard InChI is InChI=1S/C21H17N7O2S/c1-14(15-8-10-16(11-9-15)28-13-22-26-27-28)24-25-20(29)17-5-2-3-6-18(17)23-21(30)19-7-4-12-31-19/h2-13H,1H3,(H,23,30)(H,25,29)/b24-14+. The summed E-state index contributed by atoms with van der Waals surface area (Å²) < 4.78 is 1.54. The lowest BCUT2D eigenvalue weighted by Gasteiger charge is -2.10. The zero-order chi connectivity index (χ0) is 21.6. The van der Waals surface area contributed by atoms with Crippen LogP contribution in [0.2, 0.25) is 0 Å². The molecular weight excluding hydrogens is 414 g/mol. The Balaban J connectivity index is 1.46. The van der Waals surface area contributed by atoms with Gasteiger partial charge in [-0.05, 0) is 58.6 Å². The molecule has 2 N–H and O–H groups in total. The third kappa shape index (κ3) is 4.70. The topological polar surface area (TPSA) is 114 Å². The van der Waals surface area contributed by atoms with Crippen molar-refractivity contribution in [3.8, 4) is 5.69 Å². The second-order valence-electron chi connectivity index (χ2n) is 6.42. The van der Waals surface area contributed by atoms with Gasteiger partial charge in [0.15, 0.2) is 0 Å². The smallest absolute Gasteiger partial charge is 0.273 e. The molecule has 0 bridgehead atoms. The molecule has 0 unspecified atom stereocenters. The minimum absolute atomic E-state index is 0.266. The Bertz CT molecular complexity index is 1220.